The number of carbonyl (C=O) groups excluding carboxylic acids is 2. The van der Waals surface area contributed by atoms with E-state index in [9.17, 15) is 9.59 Å². The minimum Gasteiger partial charge on any atom is -0.494 e. The Morgan fingerprint density at radius 2 is 1.34 bits per heavy atom. The van der Waals surface area contributed by atoms with Gasteiger partial charge in [0.15, 0.2) is 0 Å². The summed E-state index contributed by atoms with van der Waals surface area (Å²) < 4.78 is 16.3. The third-order valence-electron chi connectivity index (χ3n) is 4.60. The molecule has 0 radical (unpaired) electrons. The first-order valence-electron chi connectivity index (χ1n) is 11.0. The van der Waals surface area contributed by atoms with E-state index in [1.807, 2.05) is 57.2 Å². The Labute approximate surface area is 191 Å². The Morgan fingerprint density at radius 3 is 1.88 bits per heavy atom. The minimum absolute atomic E-state index is 0.319. The van der Waals surface area contributed by atoms with Crippen LogP contribution in [0.2, 0.25) is 0 Å². The molecule has 0 bridgehead atoms. The molecule has 0 spiro atoms. The molecule has 0 heterocycles. The summed E-state index contributed by atoms with van der Waals surface area (Å²) >= 11 is 0. The van der Waals surface area contributed by atoms with E-state index in [-0.39, 0.29) is 11.9 Å². The largest absolute Gasteiger partial charge is 0.494 e. The van der Waals surface area contributed by atoms with E-state index in [2.05, 4.69) is 6.58 Å². The molecule has 0 aliphatic carbocycles. The first kappa shape index (κ1) is 25.2. The Bertz CT molecular complexity index is 889. The number of esters is 2. The number of unbranched alkanes of at least 4 members (excludes halogenated alkanes) is 3. The average Bonchev–Trinajstić information content (AvgIpc) is 2.74. The molecule has 0 saturated carbocycles. The molecule has 2 aromatic carbocycles. The van der Waals surface area contributed by atoms with Crippen molar-refractivity contribution in [3.8, 4) is 16.9 Å². The third kappa shape index (κ3) is 8.96. The molecule has 0 aromatic heterocycles. The van der Waals surface area contributed by atoms with E-state index >= 15 is 0 Å². The van der Waals surface area contributed by atoms with Crippen LogP contribution in [0.25, 0.3) is 11.1 Å². The molecule has 2 rings (SSSR count). The smallest absolute Gasteiger partial charge is 0.338 e. The summed E-state index contributed by atoms with van der Waals surface area (Å²) in [5.41, 5.74) is 2.54. The van der Waals surface area contributed by atoms with Gasteiger partial charge < -0.3 is 14.2 Å². The number of benzene rings is 2. The fraction of sp³-hybridized carbons (Fsp3) is 0.407. The van der Waals surface area contributed by atoms with Crippen molar-refractivity contribution >= 4 is 11.9 Å². The highest BCUT2D eigenvalue weighted by Crippen LogP contribution is 2.24. The zero-order valence-electron chi connectivity index (χ0n) is 19.6. The Morgan fingerprint density at radius 1 is 0.812 bits per heavy atom. The first-order valence-corrected chi connectivity index (χ1v) is 11.0. The van der Waals surface area contributed by atoms with Gasteiger partial charge in [-0.15, -0.1) is 0 Å². The first-order chi connectivity index (χ1) is 15.2. The van der Waals surface area contributed by atoms with Crippen LogP contribution in [0.3, 0.4) is 0 Å². The van der Waals surface area contributed by atoms with Crippen molar-refractivity contribution in [1.82, 2.24) is 0 Å². The molecule has 0 N–H and O–H groups in total. The van der Waals surface area contributed by atoms with Crippen LogP contribution in [0.1, 0.15) is 63.7 Å². The second kappa shape index (κ2) is 12.1. The van der Waals surface area contributed by atoms with Crippen LogP contribution in [0.15, 0.2) is 60.7 Å². The fourth-order valence-corrected chi connectivity index (χ4v) is 2.92. The topological polar surface area (TPSA) is 61.8 Å². The number of hydrogen-bond acceptors (Lipinski definition) is 5. The van der Waals surface area contributed by atoms with Crippen molar-refractivity contribution in [3.05, 3.63) is 66.2 Å². The van der Waals surface area contributed by atoms with Crippen molar-refractivity contribution in [1.29, 1.82) is 0 Å². The lowest BCUT2D eigenvalue weighted by Crippen LogP contribution is -2.23. The summed E-state index contributed by atoms with van der Waals surface area (Å²) in [5, 5.41) is 0. The van der Waals surface area contributed by atoms with Crippen LogP contribution in [-0.2, 0) is 14.3 Å². The zero-order valence-corrected chi connectivity index (χ0v) is 19.6. The highest BCUT2D eigenvalue weighted by Gasteiger charge is 2.17. The van der Waals surface area contributed by atoms with Crippen LogP contribution < -0.4 is 4.74 Å². The predicted molar refractivity (Wildman–Crippen MR) is 127 cm³/mol. The molecule has 0 saturated heterocycles. The lowest BCUT2D eigenvalue weighted by molar-refractivity contribution is -0.139. The molecule has 172 valence electrons. The normalized spacial score (nSPS) is 11.0. The molecule has 0 fully saturated rings. The van der Waals surface area contributed by atoms with E-state index in [1.54, 1.807) is 19.1 Å². The molecule has 0 atom stereocenters. The van der Waals surface area contributed by atoms with E-state index in [0.29, 0.717) is 24.4 Å². The molecule has 32 heavy (non-hydrogen) atoms. The zero-order chi connectivity index (χ0) is 23.6. The van der Waals surface area contributed by atoms with Crippen molar-refractivity contribution in [2.45, 2.75) is 59.0 Å². The van der Waals surface area contributed by atoms with Crippen LogP contribution in [-0.4, -0.2) is 30.8 Å². The van der Waals surface area contributed by atoms with Crippen LogP contribution in [0, 0.1) is 0 Å². The second-order valence-corrected chi connectivity index (χ2v) is 8.78. The van der Waals surface area contributed by atoms with Gasteiger partial charge >= 0.3 is 11.9 Å². The van der Waals surface area contributed by atoms with Crippen molar-refractivity contribution < 1.29 is 23.8 Å². The summed E-state index contributed by atoms with van der Waals surface area (Å²) in [6.45, 7) is 11.9. The second-order valence-electron chi connectivity index (χ2n) is 8.78. The van der Waals surface area contributed by atoms with Crippen molar-refractivity contribution in [2.24, 2.45) is 0 Å². The number of carbonyl (C=O) groups is 2. The Balaban J connectivity index is 1.71. The van der Waals surface area contributed by atoms with E-state index < -0.39 is 5.60 Å². The summed E-state index contributed by atoms with van der Waals surface area (Å²) in [4.78, 5) is 23.4. The Kier molecular flexibility index (Phi) is 9.51. The maximum Gasteiger partial charge on any atom is 0.338 e. The number of rotatable bonds is 11. The molecule has 5 heteroatoms. The van der Waals surface area contributed by atoms with Gasteiger partial charge in [0.2, 0.25) is 0 Å². The SMILES string of the molecule is C=C(C)C(=O)OCCCCCCOc1ccc(-c2ccc(C(=O)OC(C)(C)C)cc2)cc1. The van der Waals surface area contributed by atoms with E-state index in [1.165, 1.54) is 0 Å². The van der Waals surface area contributed by atoms with Gasteiger partial charge in [0.05, 0.1) is 18.8 Å². The third-order valence-corrected chi connectivity index (χ3v) is 4.60. The predicted octanol–water partition coefficient (Wildman–Crippen LogP) is 6.37. The average molecular weight is 439 g/mol. The molecule has 0 unspecified atom stereocenters. The van der Waals surface area contributed by atoms with Gasteiger partial charge in [-0.3, -0.25) is 0 Å². The van der Waals surface area contributed by atoms with E-state index in [4.69, 9.17) is 14.2 Å². The van der Waals surface area contributed by atoms with Gasteiger partial charge in [0.1, 0.15) is 11.4 Å². The lowest BCUT2D eigenvalue weighted by Gasteiger charge is -2.19. The highest BCUT2D eigenvalue weighted by molar-refractivity contribution is 5.90. The molecule has 0 amide bonds. The highest BCUT2D eigenvalue weighted by atomic mass is 16.6. The summed E-state index contributed by atoms with van der Waals surface area (Å²) in [6.07, 6.45) is 3.81. The fourth-order valence-electron chi connectivity index (χ4n) is 2.92. The summed E-state index contributed by atoms with van der Waals surface area (Å²) in [5.74, 6) is 0.186. The van der Waals surface area contributed by atoms with Crippen molar-refractivity contribution in [2.75, 3.05) is 13.2 Å². The van der Waals surface area contributed by atoms with Gasteiger partial charge in [-0.2, -0.15) is 0 Å². The molecule has 0 aliphatic heterocycles. The van der Waals surface area contributed by atoms with Crippen molar-refractivity contribution in [3.63, 3.8) is 0 Å². The summed E-state index contributed by atoms with van der Waals surface area (Å²) in [6, 6.07) is 15.3. The molecule has 0 aliphatic rings. The van der Waals surface area contributed by atoms with Crippen LogP contribution in [0.4, 0.5) is 0 Å². The maximum atomic E-state index is 12.1. The van der Waals surface area contributed by atoms with Gasteiger partial charge in [-0.05, 0) is 88.8 Å². The number of ether oxygens (including phenoxy) is 3. The monoisotopic (exact) mass is 438 g/mol. The summed E-state index contributed by atoms with van der Waals surface area (Å²) in [7, 11) is 0. The molecule has 2 aromatic rings. The Hall–Kier alpha value is -3.08. The maximum absolute atomic E-state index is 12.1. The molecular formula is C27H34O5. The molecular weight excluding hydrogens is 404 g/mol. The quantitative estimate of drug-likeness (QED) is 0.232. The minimum atomic E-state index is -0.509. The molecule has 5 nitrogen and oxygen atoms in total. The number of hydrogen-bond donors (Lipinski definition) is 0. The standard InChI is InChI=1S/C27H34O5/c1-20(2)25(28)31-19-9-7-6-8-18-30-24-16-14-22(15-17-24)21-10-12-23(13-11-21)26(29)32-27(3,4)5/h10-17H,1,6-9,18-19H2,2-5H3. The van der Waals surface area contributed by atoms with Gasteiger partial charge in [0.25, 0.3) is 0 Å². The lowest BCUT2D eigenvalue weighted by atomic mass is 10.0. The van der Waals surface area contributed by atoms with Gasteiger partial charge in [-0.25, -0.2) is 9.59 Å². The van der Waals surface area contributed by atoms with Crippen LogP contribution in [0.5, 0.6) is 5.75 Å². The van der Waals surface area contributed by atoms with Gasteiger partial charge in [-0.1, -0.05) is 30.8 Å². The van der Waals surface area contributed by atoms with Gasteiger partial charge in [0, 0.05) is 5.57 Å². The van der Waals surface area contributed by atoms with Crippen LogP contribution >= 0.6 is 0 Å². The van der Waals surface area contributed by atoms with E-state index in [0.717, 1.165) is 42.6 Å².